The molecule has 0 bridgehead atoms. The minimum atomic E-state index is -4.02. The number of urea groups is 1. The predicted octanol–water partition coefficient (Wildman–Crippen LogP) is 3.72. The van der Waals surface area contributed by atoms with Crippen molar-refractivity contribution >= 4 is 27.7 Å². The molecule has 0 heterocycles. The Morgan fingerprint density at radius 1 is 0.862 bits per heavy atom. The molecule has 0 radical (unpaired) electrons. The highest BCUT2D eigenvalue weighted by Gasteiger charge is 2.18. The summed E-state index contributed by atoms with van der Waals surface area (Å²) in [5.74, 6) is -0.217. The first kappa shape index (κ1) is 20.1. The van der Waals surface area contributed by atoms with Crippen LogP contribution >= 0.6 is 0 Å². The van der Waals surface area contributed by atoms with E-state index in [1.54, 1.807) is 55.5 Å². The minimum absolute atomic E-state index is 0.0205. The molecule has 0 aliphatic rings. The zero-order valence-electron chi connectivity index (χ0n) is 15.5. The van der Waals surface area contributed by atoms with Gasteiger partial charge in [-0.3, -0.25) is 0 Å². The SMILES string of the molecule is Cc1cccc(S(=O)(=O)NC(=O)Nc2cccc(C(=O)Oc3ccccc3)c2)c1. The first-order chi connectivity index (χ1) is 13.8. The van der Waals surface area contributed by atoms with Crippen LogP contribution in [0.15, 0.2) is 83.8 Å². The van der Waals surface area contributed by atoms with Crippen molar-refractivity contribution in [3.8, 4) is 5.75 Å². The largest absolute Gasteiger partial charge is 0.423 e. The summed E-state index contributed by atoms with van der Waals surface area (Å²) in [6.45, 7) is 1.75. The summed E-state index contributed by atoms with van der Waals surface area (Å²) in [5.41, 5.74) is 1.19. The molecule has 0 saturated heterocycles. The van der Waals surface area contributed by atoms with Gasteiger partial charge in [0, 0.05) is 5.69 Å². The molecule has 3 aromatic carbocycles. The van der Waals surface area contributed by atoms with E-state index >= 15 is 0 Å². The molecular weight excluding hydrogens is 392 g/mol. The molecule has 0 atom stereocenters. The number of ether oxygens (including phenoxy) is 1. The molecule has 148 valence electrons. The van der Waals surface area contributed by atoms with Gasteiger partial charge in [0.15, 0.2) is 0 Å². The molecule has 3 aromatic rings. The molecule has 3 rings (SSSR count). The number of nitrogens with one attached hydrogen (secondary N) is 2. The van der Waals surface area contributed by atoms with Crippen LogP contribution < -0.4 is 14.8 Å². The smallest absolute Gasteiger partial charge is 0.343 e. The molecule has 0 fully saturated rings. The van der Waals surface area contributed by atoms with Crippen molar-refractivity contribution in [2.75, 3.05) is 5.32 Å². The molecule has 7 nitrogen and oxygen atoms in total. The Bertz CT molecular complexity index is 1140. The van der Waals surface area contributed by atoms with Crippen LogP contribution in [0.2, 0.25) is 0 Å². The van der Waals surface area contributed by atoms with Crippen molar-refractivity contribution in [3.05, 3.63) is 90.0 Å². The van der Waals surface area contributed by atoms with E-state index in [2.05, 4.69) is 5.32 Å². The van der Waals surface area contributed by atoms with Crippen molar-refractivity contribution in [2.24, 2.45) is 0 Å². The Morgan fingerprint density at radius 3 is 2.31 bits per heavy atom. The van der Waals surface area contributed by atoms with Gasteiger partial charge in [-0.05, 0) is 55.0 Å². The van der Waals surface area contributed by atoms with E-state index in [1.165, 1.54) is 30.3 Å². The predicted molar refractivity (Wildman–Crippen MR) is 108 cm³/mol. The highest BCUT2D eigenvalue weighted by molar-refractivity contribution is 7.90. The van der Waals surface area contributed by atoms with Crippen LogP contribution in [-0.2, 0) is 10.0 Å². The number of anilines is 1. The van der Waals surface area contributed by atoms with Crippen molar-refractivity contribution < 1.29 is 22.7 Å². The first-order valence-electron chi connectivity index (χ1n) is 8.61. The summed E-state index contributed by atoms with van der Waals surface area (Å²) >= 11 is 0. The number of aryl methyl sites for hydroxylation is 1. The molecule has 0 aliphatic carbocycles. The topological polar surface area (TPSA) is 102 Å². The van der Waals surface area contributed by atoms with Gasteiger partial charge in [0.05, 0.1) is 10.5 Å². The minimum Gasteiger partial charge on any atom is -0.423 e. The standard InChI is InChI=1S/C21H18N2O5S/c1-15-7-5-12-19(13-15)29(26,27)23-21(25)22-17-9-6-8-16(14-17)20(24)28-18-10-3-2-4-11-18/h2-14H,1H3,(H2,22,23,25). The number of carbonyl (C=O) groups excluding carboxylic acids is 2. The van der Waals surface area contributed by atoms with Gasteiger partial charge in [-0.2, -0.15) is 0 Å². The quantitative estimate of drug-likeness (QED) is 0.493. The van der Waals surface area contributed by atoms with Gasteiger partial charge < -0.3 is 10.1 Å². The highest BCUT2D eigenvalue weighted by Crippen LogP contribution is 2.16. The number of amides is 2. The Hall–Kier alpha value is -3.65. The third kappa shape index (κ3) is 5.43. The normalized spacial score (nSPS) is 10.8. The summed E-state index contributed by atoms with van der Waals surface area (Å²) in [7, 11) is -4.02. The first-order valence-corrected chi connectivity index (χ1v) is 10.1. The fraction of sp³-hybridized carbons (Fsp3) is 0.0476. The molecule has 0 spiro atoms. The van der Waals surface area contributed by atoms with Crippen molar-refractivity contribution in [1.29, 1.82) is 0 Å². The van der Waals surface area contributed by atoms with E-state index in [1.807, 2.05) is 4.72 Å². The second-order valence-electron chi connectivity index (χ2n) is 6.16. The fourth-order valence-electron chi connectivity index (χ4n) is 2.50. The second kappa shape index (κ2) is 8.57. The molecule has 0 unspecified atom stereocenters. The summed E-state index contributed by atoms with van der Waals surface area (Å²) in [4.78, 5) is 24.4. The molecule has 0 aliphatic heterocycles. The number of rotatable bonds is 5. The van der Waals surface area contributed by atoms with Crippen LogP contribution in [0.5, 0.6) is 5.75 Å². The third-order valence-corrected chi connectivity index (χ3v) is 5.17. The molecule has 2 amide bonds. The number of hydrogen-bond acceptors (Lipinski definition) is 5. The Kier molecular flexibility index (Phi) is 5.94. The van der Waals surface area contributed by atoms with Crippen LogP contribution in [0.3, 0.4) is 0 Å². The summed E-state index contributed by atoms with van der Waals surface area (Å²) in [6.07, 6.45) is 0. The van der Waals surface area contributed by atoms with Crippen LogP contribution in [0.1, 0.15) is 15.9 Å². The van der Waals surface area contributed by atoms with Gasteiger partial charge in [-0.25, -0.2) is 22.7 Å². The fourth-order valence-corrected chi connectivity index (χ4v) is 3.51. The van der Waals surface area contributed by atoms with Crippen LogP contribution in [0, 0.1) is 6.92 Å². The lowest BCUT2D eigenvalue weighted by Crippen LogP contribution is -2.34. The van der Waals surface area contributed by atoms with Crippen molar-refractivity contribution in [2.45, 2.75) is 11.8 Å². The number of hydrogen-bond donors (Lipinski definition) is 2. The Labute approximate surface area is 168 Å². The van der Waals surface area contributed by atoms with E-state index in [0.29, 0.717) is 5.75 Å². The van der Waals surface area contributed by atoms with E-state index in [4.69, 9.17) is 4.74 Å². The lowest BCUT2D eigenvalue weighted by atomic mass is 10.2. The number of benzene rings is 3. The van der Waals surface area contributed by atoms with Crippen LogP contribution in [-0.4, -0.2) is 20.4 Å². The van der Waals surface area contributed by atoms with Crippen molar-refractivity contribution in [3.63, 3.8) is 0 Å². The maximum absolute atomic E-state index is 12.3. The van der Waals surface area contributed by atoms with Crippen LogP contribution in [0.25, 0.3) is 0 Å². The molecule has 0 aromatic heterocycles. The van der Waals surface area contributed by atoms with Crippen molar-refractivity contribution in [1.82, 2.24) is 4.72 Å². The maximum atomic E-state index is 12.3. The lowest BCUT2D eigenvalue weighted by molar-refractivity contribution is 0.0734. The van der Waals surface area contributed by atoms with E-state index in [-0.39, 0.29) is 16.1 Å². The lowest BCUT2D eigenvalue weighted by Gasteiger charge is -2.10. The summed E-state index contributed by atoms with van der Waals surface area (Å²) in [5, 5.41) is 2.40. The van der Waals surface area contributed by atoms with Gasteiger partial charge in [-0.1, -0.05) is 36.4 Å². The monoisotopic (exact) mass is 410 g/mol. The molecule has 8 heteroatoms. The van der Waals surface area contributed by atoms with E-state index in [0.717, 1.165) is 5.56 Å². The van der Waals surface area contributed by atoms with Gasteiger partial charge in [0.2, 0.25) is 0 Å². The Balaban J connectivity index is 1.68. The zero-order chi connectivity index (χ0) is 20.9. The number of sulfonamides is 1. The van der Waals surface area contributed by atoms with Gasteiger partial charge >= 0.3 is 12.0 Å². The molecule has 2 N–H and O–H groups in total. The molecular formula is C21H18N2O5S. The van der Waals surface area contributed by atoms with Gasteiger partial charge in [-0.15, -0.1) is 0 Å². The highest BCUT2D eigenvalue weighted by atomic mass is 32.2. The van der Waals surface area contributed by atoms with Gasteiger partial charge in [0.1, 0.15) is 5.75 Å². The molecule has 29 heavy (non-hydrogen) atoms. The van der Waals surface area contributed by atoms with Gasteiger partial charge in [0.25, 0.3) is 10.0 Å². The Morgan fingerprint density at radius 2 is 1.59 bits per heavy atom. The van der Waals surface area contributed by atoms with E-state index < -0.39 is 22.0 Å². The number of carbonyl (C=O) groups is 2. The van der Waals surface area contributed by atoms with E-state index in [9.17, 15) is 18.0 Å². The summed E-state index contributed by atoms with van der Waals surface area (Å²) in [6, 6.07) is 19.8. The molecule has 0 saturated carbocycles. The van der Waals surface area contributed by atoms with Crippen LogP contribution in [0.4, 0.5) is 10.5 Å². The maximum Gasteiger partial charge on any atom is 0.343 e. The second-order valence-corrected chi connectivity index (χ2v) is 7.84. The summed E-state index contributed by atoms with van der Waals surface area (Å²) < 4.78 is 31.8. The zero-order valence-corrected chi connectivity index (χ0v) is 16.3. The number of esters is 1. The average molecular weight is 410 g/mol. The average Bonchev–Trinajstić information content (AvgIpc) is 2.68. The third-order valence-electron chi connectivity index (χ3n) is 3.84. The number of para-hydroxylation sites is 1.